The summed E-state index contributed by atoms with van der Waals surface area (Å²) in [5.74, 6) is -0.549. The number of aromatic nitrogens is 2. The molecule has 1 aromatic rings. The predicted octanol–water partition coefficient (Wildman–Crippen LogP) is -1.14. The fourth-order valence-corrected chi connectivity index (χ4v) is 0.708. The molecule has 0 unspecified atom stereocenters. The molecule has 0 saturated heterocycles. The summed E-state index contributed by atoms with van der Waals surface area (Å²) in [6, 6.07) is 1.74. The lowest BCUT2D eigenvalue weighted by Crippen LogP contribution is -2.20. The van der Waals surface area contributed by atoms with Gasteiger partial charge in [-0.2, -0.15) is 10.2 Å². The summed E-state index contributed by atoms with van der Waals surface area (Å²) >= 11 is 0. The van der Waals surface area contributed by atoms with Gasteiger partial charge in [0.2, 0.25) is 0 Å². The fraction of sp³-hybridized carbons (Fsp3) is 0.286. The molecule has 1 aromatic heterocycles. The van der Waals surface area contributed by atoms with Gasteiger partial charge in [-0.3, -0.25) is 9.48 Å². The Labute approximate surface area is 74.9 Å². The van der Waals surface area contributed by atoms with Crippen molar-refractivity contribution in [1.82, 2.24) is 15.2 Å². The van der Waals surface area contributed by atoms with Gasteiger partial charge in [0.05, 0.1) is 6.21 Å². The maximum atomic E-state index is 10.5. The van der Waals surface area contributed by atoms with Crippen LogP contribution < -0.4 is 5.43 Å². The number of rotatable bonds is 3. The zero-order chi connectivity index (χ0) is 9.68. The number of aliphatic hydroxyl groups is 1. The minimum absolute atomic E-state index is 0.549. The summed E-state index contributed by atoms with van der Waals surface area (Å²) in [4.78, 5) is 10.5. The molecule has 0 aliphatic carbocycles. The van der Waals surface area contributed by atoms with Crippen molar-refractivity contribution in [2.45, 2.75) is 0 Å². The average molecular weight is 182 g/mol. The number of aliphatic hydroxyl groups excluding tert-OH is 1. The number of nitrogens with one attached hydrogen (secondary N) is 1. The van der Waals surface area contributed by atoms with Gasteiger partial charge in [0.25, 0.3) is 5.91 Å². The average Bonchev–Trinajstić information content (AvgIpc) is 2.51. The molecule has 0 atom stereocenters. The highest BCUT2D eigenvalue weighted by Crippen LogP contribution is 1.87. The predicted molar refractivity (Wildman–Crippen MR) is 46.0 cm³/mol. The second kappa shape index (κ2) is 4.36. The summed E-state index contributed by atoms with van der Waals surface area (Å²) in [6.07, 6.45) is 3.16. The normalized spacial score (nSPS) is 10.6. The van der Waals surface area contributed by atoms with Crippen LogP contribution in [0.3, 0.4) is 0 Å². The van der Waals surface area contributed by atoms with Crippen LogP contribution in [-0.4, -0.2) is 33.6 Å². The molecule has 0 radical (unpaired) electrons. The van der Waals surface area contributed by atoms with Crippen molar-refractivity contribution in [1.29, 1.82) is 0 Å². The maximum Gasteiger partial charge on any atom is 0.265 e. The van der Waals surface area contributed by atoms with E-state index in [4.69, 9.17) is 5.11 Å². The number of nitrogens with zero attached hydrogens (tertiary/aromatic N) is 3. The third-order valence-electron chi connectivity index (χ3n) is 1.26. The van der Waals surface area contributed by atoms with Gasteiger partial charge in [0, 0.05) is 13.2 Å². The third-order valence-corrected chi connectivity index (χ3v) is 1.26. The summed E-state index contributed by atoms with van der Waals surface area (Å²) in [6.45, 7) is -0.570. The number of aryl methyl sites for hydroxylation is 1. The van der Waals surface area contributed by atoms with Crippen molar-refractivity contribution in [3.8, 4) is 0 Å². The zero-order valence-corrected chi connectivity index (χ0v) is 7.14. The molecule has 6 heteroatoms. The molecule has 13 heavy (non-hydrogen) atoms. The smallest absolute Gasteiger partial charge is 0.265 e. The van der Waals surface area contributed by atoms with Crippen molar-refractivity contribution in [3.63, 3.8) is 0 Å². The SMILES string of the molecule is Cn1ccc(/C=N/NC(=O)CO)n1. The van der Waals surface area contributed by atoms with E-state index < -0.39 is 12.5 Å². The van der Waals surface area contributed by atoms with Gasteiger partial charge in [-0.05, 0) is 6.07 Å². The van der Waals surface area contributed by atoms with Crippen molar-refractivity contribution in [3.05, 3.63) is 18.0 Å². The molecule has 0 saturated carbocycles. The standard InChI is InChI=1S/C7H10N4O2/c1-11-3-2-6(10-11)4-8-9-7(13)5-12/h2-4,12H,5H2,1H3,(H,9,13)/b8-4+. The minimum Gasteiger partial charge on any atom is -0.386 e. The molecule has 70 valence electrons. The van der Waals surface area contributed by atoms with E-state index in [9.17, 15) is 4.79 Å². The minimum atomic E-state index is -0.570. The number of amides is 1. The first-order chi connectivity index (χ1) is 6.22. The highest BCUT2D eigenvalue weighted by atomic mass is 16.3. The molecule has 0 aromatic carbocycles. The fourth-order valence-electron chi connectivity index (χ4n) is 0.708. The lowest BCUT2D eigenvalue weighted by atomic mass is 10.5. The first-order valence-electron chi connectivity index (χ1n) is 3.65. The van der Waals surface area contributed by atoms with Crippen LogP contribution in [0, 0.1) is 0 Å². The Balaban J connectivity index is 2.45. The van der Waals surface area contributed by atoms with Gasteiger partial charge >= 0.3 is 0 Å². The van der Waals surface area contributed by atoms with Gasteiger partial charge in [0.15, 0.2) is 0 Å². The second-order valence-corrected chi connectivity index (χ2v) is 2.37. The van der Waals surface area contributed by atoms with Crippen LogP contribution in [0.1, 0.15) is 5.69 Å². The first kappa shape index (κ1) is 9.40. The number of carbonyl (C=O) groups is 1. The van der Waals surface area contributed by atoms with Crippen molar-refractivity contribution >= 4 is 12.1 Å². The largest absolute Gasteiger partial charge is 0.386 e. The number of hydrazone groups is 1. The van der Waals surface area contributed by atoms with Gasteiger partial charge in [0.1, 0.15) is 12.3 Å². The molecular formula is C7H10N4O2. The van der Waals surface area contributed by atoms with E-state index in [1.807, 2.05) is 0 Å². The quantitative estimate of drug-likeness (QED) is 0.458. The molecule has 1 amide bonds. The van der Waals surface area contributed by atoms with E-state index in [-0.39, 0.29) is 0 Å². The number of hydrogen-bond donors (Lipinski definition) is 2. The summed E-state index contributed by atoms with van der Waals surface area (Å²) in [7, 11) is 1.78. The van der Waals surface area contributed by atoms with E-state index in [1.165, 1.54) is 6.21 Å². The molecular weight excluding hydrogens is 172 g/mol. The van der Waals surface area contributed by atoms with Gasteiger partial charge < -0.3 is 5.11 Å². The van der Waals surface area contributed by atoms with E-state index in [0.29, 0.717) is 5.69 Å². The first-order valence-corrected chi connectivity index (χ1v) is 3.65. The molecule has 1 heterocycles. The van der Waals surface area contributed by atoms with Crippen molar-refractivity contribution < 1.29 is 9.90 Å². The third kappa shape index (κ3) is 3.04. The number of carbonyl (C=O) groups excluding carboxylic acids is 1. The van der Waals surface area contributed by atoms with Crippen LogP contribution >= 0.6 is 0 Å². The van der Waals surface area contributed by atoms with Crippen LogP contribution in [0.5, 0.6) is 0 Å². The van der Waals surface area contributed by atoms with E-state index in [1.54, 1.807) is 24.0 Å². The van der Waals surface area contributed by atoms with Crippen molar-refractivity contribution in [2.24, 2.45) is 12.1 Å². The summed E-state index contributed by atoms with van der Waals surface area (Å²) in [5, 5.41) is 15.9. The summed E-state index contributed by atoms with van der Waals surface area (Å²) < 4.78 is 1.62. The van der Waals surface area contributed by atoms with E-state index >= 15 is 0 Å². The molecule has 0 spiro atoms. The van der Waals surface area contributed by atoms with Gasteiger partial charge in [-0.15, -0.1) is 0 Å². The van der Waals surface area contributed by atoms with Crippen LogP contribution in [-0.2, 0) is 11.8 Å². The van der Waals surface area contributed by atoms with E-state index in [0.717, 1.165) is 0 Å². The highest BCUT2D eigenvalue weighted by molar-refractivity contribution is 5.81. The Kier molecular flexibility index (Phi) is 3.15. The lowest BCUT2D eigenvalue weighted by molar-refractivity contribution is -0.123. The highest BCUT2D eigenvalue weighted by Gasteiger charge is 1.94. The van der Waals surface area contributed by atoms with Crippen molar-refractivity contribution in [2.75, 3.05) is 6.61 Å². The zero-order valence-electron chi connectivity index (χ0n) is 7.14. The van der Waals surface area contributed by atoms with Gasteiger partial charge in [-0.1, -0.05) is 0 Å². The van der Waals surface area contributed by atoms with Crippen LogP contribution in [0.15, 0.2) is 17.4 Å². The van der Waals surface area contributed by atoms with Crippen LogP contribution in [0.2, 0.25) is 0 Å². The molecule has 1 rings (SSSR count). The topological polar surface area (TPSA) is 79.5 Å². The molecule has 6 nitrogen and oxygen atoms in total. The number of hydrogen-bond acceptors (Lipinski definition) is 4. The molecule has 0 aliphatic rings. The Bertz CT molecular complexity index is 318. The maximum absolute atomic E-state index is 10.5. The molecule has 0 bridgehead atoms. The Morgan fingerprint density at radius 3 is 3.23 bits per heavy atom. The Morgan fingerprint density at radius 2 is 2.69 bits per heavy atom. The Morgan fingerprint density at radius 1 is 1.92 bits per heavy atom. The lowest BCUT2D eigenvalue weighted by Gasteiger charge is -1.91. The molecule has 0 fully saturated rings. The second-order valence-electron chi connectivity index (χ2n) is 2.37. The van der Waals surface area contributed by atoms with Gasteiger partial charge in [-0.25, -0.2) is 5.43 Å². The van der Waals surface area contributed by atoms with Crippen LogP contribution in [0.25, 0.3) is 0 Å². The monoisotopic (exact) mass is 182 g/mol. The summed E-state index contributed by atoms with van der Waals surface area (Å²) in [5.41, 5.74) is 2.76. The molecule has 2 N–H and O–H groups in total. The Hall–Kier alpha value is -1.69. The van der Waals surface area contributed by atoms with Crippen LogP contribution in [0.4, 0.5) is 0 Å². The molecule has 0 aliphatic heterocycles. The van der Waals surface area contributed by atoms with E-state index in [2.05, 4.69) is 15.6 Å².